The number of benzene rings is 2. The Morgan fingerprint density at radius 2 is 1.62 bits per heavy atom. The molecule has 2 aromatic rings. The lowest BCUT2D eigenvalue weighted by molar-refractivity contribution is 0.0319. The molecular weight excluding hydrogens is 311 g/mol. The fourth-order valence-corrected chi connectivity index (χ4v) is 2.04. The Labute approximate surface area is 132 Å². The first-order valence-electron chi connectivity index (χ1n) is 6.24. The van der Waals surface area contributed by atoms with Crippen molar-refractivity contribution in [1.29, 1.82) is 0 Å². The summed E-state index contributed by atoms with van der Waals surface area (Å²) in [4.78, 5) is 24.1. The van der Waals surface area contributed by atoms with E-state index in [1.165, 1.54) is 25.1 Å². The van der Waals surface area contributed by atoms with Gasteiger partial charge < -0.3 is 4.74 Å². The van der Waals surface area contributed by atoms with Crippen LogP contribution in [0, 0.1) is 0 Å². The van der Waals surface area contributed by atoms with Crippen LogP contribution < -0.4 is 0 Å². The number of carbonyl (C=O) groups excluding carboxylic acids is 2. The lowest BCUT2D eigenvalue weighted by Crippen LogP contribution is -2.24. The van der Waals surface area contributed by atoms with Gasteiger partial charge in [0.25, 0.3) is 0 Å². The van der Waals surface area contributed by atoms with Crippen LogP contribution in [0.25, 0.3) is 0 Å². The number of rotatable bonds is 4. The average molecular weight is 323 g/mol. The van der Waals surface area contributed by atoms with Gasteiger partial charge in [0.15, 0.2) is 6.10 Å². The minimum Gasteiger partial charge on any atom is -0.451 e. The molecule has 0 fully saturated rings. The van der Waals surface area contributed by atoms with E-state index in [-0.39, 0.29) is 16.4 Å². The minimum atomic E-state index is -0.880. The van der Waals surface area contributed by atoms with Crippen LogP contribution in [0.15, 0.2) is 48.5 Å². The second-order valence-electron chi connectivity index (χ2n) is 4.41. The van der Waals surface area contributed by atoms with Gasteiger partial charge in [-0.1, -0.05) is 53.5 Å². The number of carbonyl (C=O) groups is 2. The lowest BCUT2D eigenvalue weighted by atomic mass is 10.1. The van der Waals surface area contributed by atoms with Gasteiger partial charge in [0.1, 0.15) is 0 Å². The molecule has 0 radical (unpaired) electrons. The Bertz CT molecular complexity index is 668. The van der Waals surface area contributed by atoms with E-state index >= 15 is 0 Å². The normalized spacial score (nSPS) is 11.8. The fourth-order valence-electron chi connectivity index (χ4n) is 1.74. The number of esters is 1. The summed E-state index contributed by atoms with van der Waals surface area (Å²) in [5.41, 5.74) is 0.740. The standard InChI is InChI=1S/C16H12Cl2O3/c1-10(15(19)11-5-3-2-4-6-11)21-16(20)12-7-8-13(17)14(18)9-12/h2-10H,1H3/t10-/m0/s1. The molecule has 0 aliphatic heterocycles. The number of ether oxygens (including phenoxy) is 1. The molecule has 108 valence electrons. The first-order valence-corrected chi connectivity index (χ1v) is 7.00. The fraction of sp³-hybridized carbons (Fsp3) is 0.125. The highest BCUT2D eigenvalue weighted by molar-refractivity contribution is 6.42. The molecule has 0 bridgehead atoms. The zero-order chi connectivity index (χ0) is 15.4. The Morgan fingerprint density at radius 3 is 2.24 bits per heavy atom. The van der Waals surface area contributed by atoms with Crippen LogP contribution in [-0.4, -0.2) is 17.9 Å². The molecule has 0 saturated carbocycles. The van der Waals surface area contributed by atoms with Crippen LogP contribution in [0.5, 0.6) is 0 Å². The van der Waals surface area contributed by atoms with Crippen LogP contribution in [0.2, 0.25) is 10.0 Å². The lowest BCUT2D eigenvalue weighted by Gasteiger charge is -2.12. The number of halogens is 2. The molecule has 0 spiro atoms. The highest BCUT2D eigenvalue weighted by Gasteiger charge is 2.20. The van der Waals surface area contributed by atoms with Gasteiger partial charge in [-0.05, 0) is 25.1 Å². The van der Waals surface area contributed by atoms with Crippen molar-refractivity contribution in [2.45, 2.75) is 13.0 Å². The first-order chi connectivity index (χ1) is 9.99. The van der Waals surface area contributed by atoms with Crippen molar-refractivity contribution in [3.8, 4) is 0 Å². The van der Waals surface area contributed by atoms with Crippen molar-refractivity contribution in [3.05, 3.63) is 69.7 Å². The predicted octanol–water partition coefficient (Wildman–Crippen LogP) is 4.42. The molecule has 5 heteroatoms. The van der Waals surface area contributed by atoms with E-state index in [9.17, 15) is 9.59 Å². The maximum absolute atomic E-state index is 12.1. The van der Waals surface area contributed by atoms with Crippen molar-refractivity contribution < 1.29 is 14.3 Å². The van der Waals surface area contributed by atoms with Crippen LogP contribution in [-0.2, 0) is 4.74 Å². The predicted molar refractivity (Wildman–Crippen MR) is 82.1 cm³/mol. The Balaban J connectivity index is 2.08. The zero-order valence-electron chi connectivity index (χ0n) is 11.2. The third kappa shape index (κ3) is 3.84. The summed E-state index contributed by atoms with van der Waals surface area (Å²) in [6.45, 7) is 1.53. The van der Waals surface area contributed by atoms with E-state index in [1.807, 2.05) is 6.07 Å². The molecular formula is C16H12Cl2O3. The maximum Gasteiger partial charge on any atom is 0.338 e. The smallest absolute Gasteiger partial charge is 0.338 e. The highest BCUT2D eigenvalue weighted by atomic mass is 35.5. The van der Waals surface area contributed by atoms with Crippen molar-refractivity contribution in [2.24, 2.45) is 0 Å². The van der Waals surface area contributed by atoms with E-state index in [0.29, 0.717) is 10.6 Å². The van der Waals surface area contributed by atoms with Gasteiger partial charge in [0.2, 0.25) is 5.78 Å². The number of hydrogen-bond donors (Lipinski definition) is 0. The molecule has 1 atom stereocenters. The van der Waals surface area contributed by atoms with Crippen molar-refractivity contribution >= 4 is 35.0 Å². The molecule has 0 unspecified atom stereocenters. The second kappa shape index (κ2) is 6.74. The molecule has 0 aliphatic carbocycles. The Kier molecular flexibility index (Phi) is 4.99. The molecule has 2 rings (SSSR count). The summed E-state index contributed by atoms with van der Waals surface area (Å²) in [7, 11) is 0. The van der Waals surface area contributed by atoms with E-state index < -0.39 is 12.1 Å². The molecule has 2 aromatic carbocycles. The molecule has 0 heterocycles. The molecule has 3 nitrogen and oxygen atoms in total. The van der Waals surface area contributed by atoms with Crippen molar-refractivity contribution in [2.75, 3.05) is 0 Å². The number of hydrogen-bond acceptors (Lipinski definition) is 3. The Morgan fingerprint density at radius 1 is 0.952 bits per heavy atom. The third-order valence-corrected chi connectivity index (χ3v) is 3.61. The summed E-state index contributed by atoms with van der Waals surface area (Å²) in [5, 5.41) is 0.606. The van der Waals surface area contributed by atoms with Crippen LogP contribution >= 0.6 is 23.2 Å². The van der Waals surface area contributed by atoms with Crippen molar-refractivity contribution in [3.63, 3.8) is 0 Å². The summed E-state index contributed by atoms with van der Waals surface area (Å²) in [6.07, 6.45) is -0.880. The first kappa shape index (κ1) is 15.5. The summed E-state index contributed by atoms with van der Waals surface area (Å²) < 4.78 is 5.16. The number of ketones is 1. The molecule has 0 saturated heterocycles. The van der Waals surface area contributed by atoms with E-state index in [4.69, 9.17) is 27.9 Å². The second-order valence-corrected chi connectivity index (χ2v) is 5.22. The molecule has 0 amide bonds. The van der Waals surface area contributed by atoms with Gasteiger partial charge in [-0.2, -0.15) is 0 Å². The van der Waals surface area contributed by atoms with E-state index in [2.05, 4.69) is 0 Å². The summed E-state index contributed by atoms with van der Waals surface area (Å²) in [6, 6.07) is 13.1. The molecule has 21 heavy (non-hydrogen) atoms. The van der Waals surface area contributed by atoms with Gasteiger partial charge >= 0.3 is 5.97 Å². The summed E-state index contributed by atoms with van der Waals surface area (Å²) >= 11 is 11.6. The van der Waals surface area contributed by atoms with Gasteiger partial charge in [0, 0.05) is 5.56 Å². The Hall–Kier alpha value is -1.84. The number of Topliss-reactive ketones (excluding diaryl/α,β-unsaturated/α-hetero) is 1. The van der Waals surface area contributed by atoms with Gasteiger partial charge in [-0.25, -0.2) is 4.79 Å². The third-order valence-electron chi connectivity index (χ3n) is 2.87. The zero-order valence-corrected chi connectivity index (χ0v) is 12.7. The highest BCUT2D eigenvalue weighted by Crippen LogP contribution is 2.23. The SMILES string of the molecule is C[C@H](OC(=O)c1ccc(Cl)c(Cl)c1)C(=O)c1ccccc1. The largest absolute Gasteiger partial charge is 0.451 e. The molecule has 0 N–H and O–H groups in total. The molecule has 0 aliphatic rings. The van der Waals surface area contributed by atoms with E-state index in [0.717, 1.165) is 0 Å². The minimum absolute atomic E-state index is 0.247. The quantitative estimate of drug-likeness (QED) is 0.618. The van der Waals surface area contributed by atoms with Gasteiger partial charge in [0.05, 0.1) is 15.6 Å². The maximum atomic E-state index is 12.1. The van der Waals surface area contributed by atoms with Crippen LogP contribution in [0.3, 0.4) is 0 Å². The van der Waals surface area contributed by atoms with Crippen LogP contribution in [0.1, 0.15) is 27.6 Å². The topological polar surface area (TPSA) is 43.4 Å². The van der Waals surface area contributed by atoms with Crippen LogP contribution in [0.4, 0.5) is 0 Å². The van der Waals surface area contributed by atoms with E-state index in [1.54, 1.807) is 24.3 Å². The van der Waals surface area contributed by atoms with Gasteiger partial charge in [-0.3, -0.25) is 4.79 Å². The average Bonchev–Trinajstić information content (AvgIpc) is 2.50. The summed E-state index contributed by atoms with van der Waals surface area (Å²) in [5.74, 6) is -0.880. The molecule has 0 aromatic heterocycles. The monoisotopic (exact) mass is 322 g/mol. The van der Waals surface area contributed by atoms with Gasteiger partial charge in [-0.15, -0.1) is 0 Å². The van der Waals surface area contributed by atoms with Crippen molar-refractivity contribution in [1.82, 2.24) is 0 Å².